The maximum atomic E-state index is 13.1. The molecule has 0 bridgehead atoms. The first kappa shape index (κ1) is 21.8. The van der Waals surface area contributed by atoms with Crippen molar-refractivity contribution in [1.82, 2.24) is 20.1 Å². The van der Waals surface area contributed by atoms with Crippen molar-refractivity contribution in [1.29, 1.82) is 0 Å². The van der Waals surface area contributed by atoms with Crippen LogP contribution in [-0.4, -0.2) is 20.7 Å². The third kappa shape index (κ3) is 5.06. The lowest BCUT2D eigenvalue weighted by molar-refractivity contribution is 0.0950. The van der Waals surface area contributed by atoms with Crippen molar-refractivity contribution in [2.75, 3.05) is 0 Å². The van der Waals surface area contributed by atoms with Crippen LogP contribution in [-0.2, 0) is 12.3 Å². The molecule has 0 saturated heterocycles. The second-order valence-electron chi connectivity index (χ2n) is 7.46. The molecule has 0 spiro atoms. The van der Waals surface area contributed by atoms with Crippen LogP contribution in [0.5, 0.6) is 0 Å². The highest BCUT2D eigenvalue weighted by Gasteiger charge is 2.15. The van der Waals surface area contributed by atoms with E-state index >= 15 is 0 Å². The van der Waals surface area contributed by atoms with Gasteiger partial charge in [0.1, 0.15) is 11.6 Å². The van der Waals surface area contributed by atoms with Crippen LogP contribution in [0.15, 0.2) is 78.0 Å². The Morgan fingerprint density at radius 2 is 1.78 bits per heavy atom. The normalized spacial score (nSPS) is 10.8. The van der Waals surface area contributed by atoms with Gasteiger partial charge in [-0.2, -0.15) is 0 Å². The summed E-state index contributed by atoms with van der Waals surface area (Å²) in [6.45, 7) is 4.31. The Balaban J connectivity index is 1.48. The van der Waals surface area contributed by atoms with Crippen molar-refractivity contribution in [3.8, 4) is 5.69 Å². The fourth-order valence-electron chi connectivity index (χ4n) is 3.39. The van der Waals surface area contributed by atoms with Gasteiger partial charge in [-0.15, -0.1) is 10.2 Å². The number of nitrogens with one attached hydrogen (secondary N) is 1. The number of hydrogen-bond acceptors (Lipinski definition) is 4. The number of amides is 1. The lowest BCUT2D eigenvalue weighted by Gasteiger charge is -2.12. The maximum absolute atomic E-state index is 13.1. The molecular weight excluding hydrogens is 423 g/mol. The number of aromatic nitrogens is 3. The molecule has 32 heavy (non-hydrogen) atoms. The van der Waals surface area contributed by atoms with Crippen molar-refractivity contribution in [2.24, 2.45) is 0 Å². The molecule has 0 saturated carbocycles. The first-order chi connectivity index (χ1) is 15.5. The van der Waals surface area contributed by atoms with E-state index in [1.807, 2.05) is 47.9 Å². The molecule has 0 aliphatic rings. The van der Waals surface area contributed by atoms with Crippen LogP contribution in [0, 0.1) is 19.7 Å². The van der Waals surface area contributed by atoms with E-state index in [2.05, 4.69) is 34.6 Å². The molecule has 1 amide bonds. The quantitative estimate of drug-likeness (QED) is 0.394. The summed E-state index contributed by atoms with van der Waals surface area (Å²) in [5, 5.41) is 12.3. The second kappa shape index (κ2) is 9.78. The highest BCUT2D eigenvalue weighted by molar-refractivity contribution is 7.98. The van der Waals surface area contributed by atoms with Gasteiger partial charge >= 0.3 is 0 Å². The van der Waals surface area contributed by atoms with Gasteiger partial charge in [0.15, 0.2) is 5.16 Å². The van der Waals surface area contributed by atoms with Crippen LogP contribution in [0.1, 0.15) is 32.9 Å². The molecular formula is C25H23FN4OS. The number of carbonyl (C=O) groups is 1. The van der Waals surface area contributed by atoms with Crippen LogP contribution in [0.25, 0.3) is 5.69 Å². The number of carbonyl (C=O) groups excluding carboxylic acids is 1. The van der Waals surface area contributed by atoms with Gasteiger partial charge in [-0.3, -0.25) is 9.36 Å². The molecule has 3 aromatic carbocycles. The van der Waals surface area contributed by atoms with Crippen molar-refractivity contribution in [3.05, 3.63) is 107 Å². The van der Waals surface area contributed by atoms with E-state index in [0.29, 0.717) is 17.9 Å². The Morgan fingerprint density at radius 1 is 1.00 bits per heavy atom. The summed E-state index contributed by atoms with van der Waals surface area (Å²) in [5.41, 5.74) is 4.54. The minimum Gasteiger partial charge on any atom is -0.348 e. The summed E-state index contributed by atoms with van der Waals surface area (Å²) in [4.78, 5) is 12.8. The van der Waals surface area contributed by atoms with Crippen LogP contribution in [0.3, 0.4) is 0 Å². The summed E-state index contributed by atoms with van der Waals surface area (Å²) in [5.74, 6) is 0.922. The fraction of sp³-hybridized carbons (Fsp3) is 0.160. The number of hydrogen-bond donors (Lipinski definition) is 1. The molecule has 0 fully saturated rings. The molecule has 0 unspecified atom stereocenters. The number of nitrogens with zero attached hydrogens (tertiary/aromatic N) is 3. The first-order valence-electron chi connectivity index (χ1n) is 10.2. The van der Waals surface area contributed by atoms with E-state index in [0.717, 1.165) is 33.4 Å². The second-order valence-corrected chi connectivity index (χ2v) is 8.40. The van der Waals surface area contributed by atoms with Gasteiger partial charge in [0.2, 0.25) is 0 Å². The first-order valence-corrected chi connectivity index (χ1v) is 11.2. The summed E-state index contributed by atoms with van der Waals surface area (Å²) >= 11 is 1.54. The molecule has 1 heterocycles. The number of thioether (sulfide) groups is 1. The average molecular weight is 447 g/mol. The molecule has 0 aliphatic carbocycles. The van der Waals surface area contributed by atoms with Crippen LogP contribution in [0.2, 0.25) is 0 Å². The van der Waals surface area contributed by atoms with Gasteiger partial charge in [0.25, 0.3) is 5.91 Å². The smallest absolute Gasteiger partial charge is 0.251 e. The van der Waals surface area contributed by atoms with Gasteiger partial charge in [-0.25, -0.2) is 4.39 Å². The zero-order valence-corrected chi connectivity index (χ0v) is 18.7. The third-order valence-electron chi connectivity index (χ3n) is 5.04. The Bertz CT molecular complexity index is 1240. The highest BCUT2D eigenvalue weighted by atomic mass is 32.2. The van der Waals surface area contributed by atoms with E-state index in [1.54, 1.807) is 12.1 Å². The third-order valence-corrected chi connectivity index (χ3v) is 6.02. The monoisotopic (exact) mass is 446 g/mol. The van der Waals surface area contributed by atoms with Gasteiger partial charge in [0, 0.05) is 23.5 Å². The molecule has 1 aromatic heterocycles. The zero-order chi connectivity index (χ0) is 22.5. The molecule has 0 atom stereocenters. The SMILES string of the molecule is Cc1cccc(-n2c(C)nnc2SCc2ccccc2C(=O)NCc2ccc(F)cc2)c1. The Hall–Kier alpha value is -3.45. The highest BCUT2D eigenvalue weighted by Crippen LogP contribution is 2.26. The van der Waals surface area contributed by atoms with E-state index < -0.39 is 0 Å². The zero-order valence-electron chi connectivity index (χ0n) is 17.9. The standard InChI is InChI=1S/C25H23FN4OS/c1-17-6-5-8-22(14-17)30-18(2)28-29-25(30)32-16-20-7-3-4-9-23(20)24(31)27-15-19-10-12-21(26)13-11-19/h3-14H,15-16H2,1-2H3,(H,27,31). The van der Waals surface area contributed by atoms with Gasteiger partial charge < -0.3 is 5.32 Å². The molecule has 5 nitrogen and oxygen atoms in total. The van der Waals surface area contributed by atoms with E-state index in [9.17, 15) is 9.18 Å². The summed E-state index contributed by atoms with van der Waals surface area (Å²) < 4.78 is 15.1. The van der Waals surface area contributed by atoms with Gasteiger partial charge in [-0.1, -0.05) is 54.2 Å². The molecule has 7 heteroatoms. The molecule has 0 radical (unpaired) electrons. The largest absolute Gasteiger partial charge is 0.348 e. The van der Waals surface area contributed by atoms with Crippen molar-refractivity contribution >= 4 is 17.7 Å². The lowest BCUT2D eigenvalue weighted by Crippen LogP contribution is -2.23. The molecule has 1 N–H and O–H groups in total. The van der Waals surface area contributed by atoms with Gasteiger partial charge in [-0.05, 0) is 60.9 Å². The lowest BCUT2D eigenvalue weighted by atomic mass is 10.1. The molecule has 0 aliphatic heterocycles. The minimum absolute atomic E-state index is 0.165. The number of rotatable bonds is 7. The minimum atomic E-state index is -0.295. The van der Waals surface area contributed by atoms with Crippen molar-refractivity contribution in [2.45, 2.75) is 31.3 Å². The van der Waals surface area contributed by atoms with Crippen molar-refractivity contribution < 1.29 is 9.18 Å². The summed E-state index contributed by atoms with van der Waals surface area (Å²) in [6, 6.07) is 21.8. The van der Waals surface area contributed by atoms with Crippen LogP contribution in [0.4, 0.5) is 4.39 Å². The summed E-state index contributed by atoms with van der Waals surface area (Å²) in [6.07, 6.45) is 0. The molecule has 4 aromatic rings. The predicted octanol–water partition coefficient (Wildman–Crippen LogP) is 5.25. The Morgan fingerprint density at radius 3 is 2.56 bits per heavy atom. The van der Waals surface area contributed by atoms with Gasteiger partial charge in [0.05, 0.1) is 0 Å². The Labute approximate surface area is 190 Å². The number of benzene rings is 3. The fourth-order valence-corrected chi connectivity index (χ4v) is 4.39. The van der Waals surface area contributed by atoms with E-state index in [1.165, 1.54) is 23.9 Å². The van der Waals surface area contributed by atoms with E-state index in [-0.39, 0.29) is 11.7 Å². The Kier molecular flexibility index (Phi) is 6.66. The van der Waals surface area contributed by atoms with Crippen LogP contribution >= 0.6 is 11.8 Å². The van der Waals surface area contributed by atoms with E-state index in [4.69, 9.17) is 0 Å². The number of halogens is 1. The molecule has 4 rings (SSSR count). The van der Waals surface area contributed by atoms with Crippen molar-refractivity contribution in [3.63, 3.8) is 0 Å². The summed E-state index contributed by atoms with van der Waals surface area (Å²) in [7, 11) is 0. The number of aryl methyl sites for hydroxylation is 2. The predicted molar refractivity (Wildman–Crippen MR) is 124 cm³/mol. The topological polar surface area (TPSA) is 59.8 Å². The maximum Gasteiger partial charge on any atom is 0.251 e. The average Bonchev–Trinajstić information content (AvgIpc) is 3.17. The van der Waals surface area contributed by atoms with Crippen LogP contribution < -0.4 is 5.32 Å². The molecule has 162 valence electrons.